The average molecular weight is 256 g/mol. The largest absolute Gasteiger partial charge is 0.465 e. The van der Waals surface area contributed by atoms with Crippen molar-refractivity contribution in [3.8, 4) is 10.6 Å². The SMILES string of the molecule is COC(=O)c1scc(C)c1-c1n[nH]c(=O)s1. The third-order valence-electron chi connectivity index (χ3n) is 2.00. The first-order valence-corrected chi connectivity index (χ1v) is 6.05. The van der Waals surface area contributed by atoms with Gasteiger partial charge in [-0.15, -0.1) is 11.3 Å². The number of nitrogens with one attached hydrogen (secondary N) is 1. The first-order valence-electron chi connectivity index (χ1n) is 4.35. The van der Waals surface area contributed by atoms with E-state index in [0.717, 1.165) is 16.9 Å². The second kappa shape index (κ2) is 4.18. The molecule has 0 spiro atoms. The van der Waals surface area contributed by atoms with Gasteiger partial charge in [-0.25, -0.2) is 9.89 Å². The highest BCUT2D eigenvalue weighted by Gasteiger charge is 2.20. The molecule has 0 saturated carbocycles. The average Bonchev–Trinajstić information content (AvgIpc) is 2.83. The Kier molecular flexibility index (Phi) is 2.88. The first kappa shape index (κ1) is 11.0. The quantitative estimate of drug-likeness (QED) is 0.829. The summed E-state index contributed by atoms with van der Waals surface area (Å²) in [5.41, 5.74) is 1.59. The number of methoxy groups -OCH3 is 1. The molecule has 0 radical (unpaired) electrons. The van der Waals surface area contributed by atoms with Crippen LogP contribution in [0.15, 0.2) is 10.2 Å². The van der Waals surface area contributed by atoms with E-state index in [9.17, 15) is 9.59 Å². The van der Waals surface area contributed by atoms with E-state index in [2.05, 4.69) is 14.9 Å². The van der Waals surface area contributed by atoms with Crippen LogP contribution in [0.25, 0.3) is 10.6 Å². The minimum absolute atomic E-state index is 0.239. The number of nitrogens with zero attached hydrogens (tertiary/aromatic N) is 1. The maximum atomic E-state index is 11.5. The number of hydrogen-bond acceptors (Lipinski definition) is 6. The molecule has 0 atom stereocenters. The van der Waals surface area contributed by atoms with Crippen molar-refractivity contribution in [1.82, 2.24) is 10.2 Å². The molecule has 2 aromatic rings. The van der Waals surface area contributed by atoms with E-state index in [-0.39, 0.29) is 4.87 Å². The molecule has 0 saturated heterocycles. The highest BCUT2D eigenvalue weighted by atomic mass is 32.1. The van der Waals surface area contributed by atoms with Crippen molar-refractivity contribution in [3.05, 3.63) is 25.5 Å². The van der Waals surface area contributed by atoms with Gasteiger partial charge in [0.05, 0.1) is 7.11 Å². The van der Waals surface area contributed by atoms with Crippen LogP contribution in [-0.2, 0) is 4.74 Å². The van der Waals surface area contributed by atoms with Gasteiger partial charge in [-0.05, 0) is 17.9 Å². The molecule has 0 aliphatic rings. The van der Waals surface area contributed by atoms with Gasteiger partial charge in [0.2, 0.25) is 0 Å². The van der Waals surface area contributed by atoms with Crippen LogP contribution in [0.1, 0.15) is 15.2 Å². The van der Waals surface area contributed by atoms with E-state index in [1.54, 1.807) is 0 Å². The Morgan fingerprint density at radius 1 is 1.56 bits per heavy atom. The van der Waals surface area contributed by atoms with Crippen LogP contribution in [0, 0.1) is 6.92 Å². The molecular weight excluding hydrogens is 248 g/mol. The third kappa shape index (κ3) is 1.79. The van der Waals surface area contributed by atoms with Crippen molar-refractivity contribution in [1.29, 1.82) is 0 Å². The Morgan fingerprint density at radius 3 is 2.88 bits per heavy atom. The van der Waals surface area contributed by atoms with E-state index < -0.39 is 5.97 Å². The number of ether oxygens (including phenoxy) is 1. The van der Waals surface area contributed by atoms with Crippen LogP contribution >= 0.6 is 22.7 Å². The Bertz CT molecular complexity index is 582. The Balaban J connectivity index is 2.59. The molecular formula is C9H8N2O3S2. The minimum Gasteiger partial charge on any atom is -0.465 e. The third-order valence-corrected chi connectivity index (χ3v) is 3.84. The van der Waals surface area contributed by atoms with Gasteiger partial charge in [0.15, 0.2) is 5.01 Å². The molecule has 7 heteroatoms. The number of rotatable bonds is 2. The maximum Gasteiger partial charge on any atom is 0.348 e. The smallest absolute Gasteiger partial charge is 0.348 e. The number of aromatic nitrogens is 2. The standard InChI is InChI=1S/C9H8N2O3S2/c1-4-3-15-6(8(12)14-2)5(4)7-10-11-9(13)16-7/h3H,1-2H3,(H,11,13). The zero-order valence-electron chi connectivity index (χ0n) is 8.57. The van der Waals surface area contributed by atoms with E-state index in [4.69, 9.17) is 0 Å². The molecule has 2 rings (SSSR count). The summed E-state index contributed by atoms with van der Waals surface area (Å²) in [6.45, 7) is 1.87. The van der Waals surface area contributed by atoms with Gasteiger partial charge in [-0.1, -0.05) is 11.3 Å². The molecule has 5 nitrogen and oxygen atoms in total. The summed E-state index contributed by atoms with van der Waals surface area (Å²) < 4.78 is 4.68. The van der Waals surface area contributed by atoms with E-state index in [1.165, 1.54) is 18.4 Å². The van der Waals surface area contributed by atoms with Gasteiger partial charge in [0, 0.05) is 5.56 Å². The van der Waals surface area contributed by atoms with E-state index in [1.807, 2.05) is 12.3 Å². The van der Waals surface area contributed by atoms with E-state index >= 15 is 0 Å². The molecule has 0 aromatic carbocycles. The van der Waals surface area contributed by atoms with Gasteiger partial charge in [0.25, 0.3) is 0 Å². The molecule has 0 aliphatic carbocycles. The van der Waals surface area contributed by atoms with Gasteiger partial charge in [-0.2, -0.15) is 5.10 Å². The van der Waals surface area contributed by atoms with Crippen molar-refractivity contribution >= 4 is 28.6 Å². The molecule has 0 unspecified atom stereocenters. The Morgan fingerprint density at radius 2 is 2.31 bits per heavy atom. The van der Waals surface area contributed by atoms with Crippen molar-refractivity contribution in [3.63, 3.8) is 0 Å². The predicted octanol–water partition coefficient (Wildman–Crippen LogP) is 1.65. The second-order valence-electron chi connectivity index (χ2n) is 3.03. The lowest BCUT2D eigenvalue weighted by molar-refractivity contribution is 0.0607. The van der Waals surface area contributed by atoms with Gasteiger partial charge in [0.1, 0.15) is 4.88 Å². The van der Waals surface area contributed by atoms with Crippen LogP contribution in [-0.4, -0.2) is 23.3 Å². The monoisotopic (exact) mass is 256 g/mol. The number of carbonyl (C=O) groups excluding carboxylic acids is 1. The number of esters is 1. The lowest BCUT2D eigenvalue weighted by Gasteiger charge is -1.99. The second-order valence-corrected chi connectivity index (χ2v) is 4.87. The van der Waals surface area contributed by atoms with Gasteiger partial charge >= 0.3 is 10.8 Å². The normalized spacial score (nSPS) is 10.4. The number of hydrogen-bond donors (Lipinski definition) is 1. The van der Waals surface area contributed by atoms with Crippen LogP contribution in [0.3, 0.4) is 0 Å². The molecule has 0 bridgehead atoms. The lowest BCUT2D eigenvalue weighted by atomic mass is 10.2. The van der Waals surface area contributed by atoms with Crippen molar-refractivity contribution in [2.45, 2.75) is 6.92 Å². The first-order chi connectivity index (χ1) is 7.63. The predicted molar refractivity (Wildman–Crippen MR) is 62.1 cm³/mol. The fraction of sp³-hybridized carbons (Fsp3) is 0.222. The summed E-state index contributed by atoms with van der Waals surface area (Å²) in [4.78, 5) is 22.8. The topological polar surface area (TPSA) is 72.0 Å². The summed E-state index contributed by atoms with van der Waals surface area (Å²) in [6, 6.07) is 0. The molecule has 2 aromatic heterocycles. The summed E-state index contributed by atoms with van der Waals surface area (Å²) in [5.74, 6) is -0.407. The lowest BCUT2D eigenvalue weighted by Crippen LogP contribution is -2.00. The summed E-state index contributed by atoms with van der Waals surface area (Å²) in [7, 11) is 1.33. The van der Waals surface area contributed by atoms with Crippen molar-refractivity contribution in [2.75, 3.05) is 7.11 Å². The zero-order valence-corrected chi connectivity index (χ0v) is 10.2. The van der Waals surface area contributed by atoms with Gasteiger partial charge in [-0.3, -0.25) is 4.79 Å². The summed E-state index contributed by atoms with van der Waals surface area (Å²) in [5, 5.41) is 8.57. The number of H-pyrrole nitrogens is 1. The maximum absolute atomic E-state index is 11.5. The molecule has 2 heterocycles. The van der Waals surface area contributed by atoms with Gasteiger partial charge < -0.3 is 4.74 Å². The minimum atomic E-state index is -0.407. The van der Waals surface area contributed by atoms with E-state index in [0.29, 0.717) is 15.4 Å². The highest BCUT2D eigenvalue weighted by molar-refractivity contribution is 7.15. The van der Waals surface area contributed by atoms with Crippen LogP contribution in [0.4, 0.5) is 0 Å². The molecule has 16 heavy (non-hydrogen) atoms. The molecule has 1 N–H and O–H groups in total. The van der Waals surface area contributed by atoms with Crippen LogP contribution in [0.5, 0.6) is 0 Å². The molecule has 84 valence electrons. The zero-order chi connectivity index (χ0) is 11.7. The Labute approximate surface area is 98.7 Å². The molecule has 0 amide bonds. The summed E-state index contributed by atoms with van der Waals surface area (Å²) >= 11 is 2.27. The Hall–Kier alpha value is -1.47. The fourth-order valence-electron chi connectivity index (χ4n) is 1.29. The fourth-order valence-corrected chi connectivity index (χ4v) is 3.05. The molecule has 0 aliphatic heterocycles. The van der Waals surface area contributed by atoms with Crippen molar-refractivity contribution in [2.24, 2.45) is 0 Å². The van der Waals surface area contributed by atoms with Crippen LogP contribution in [0.2, 0.25) is 0 Å². The number of thiophene rings is 1. The highest BCUT2D eigenvalue weighted by Crippen LogP contribution is 2.32. The molecule has 0 fully saturated rings. The number of aryl methyl sites for hydroxylation is 1. The summed E-state index contributed by atoms with van der Waals surface area (Å²) in [6.07, 6.45) is 0. The van der Waals surface area contributed by atoms with Crippen molar-refractivity contribution < 1.29 is 9.53 Å². The number of aromatic amines is 1. The van der Waals surface area contributed by atoms with Crippen LogP contribution < -0.4 is 4.87 Å². The number of carbonyl (C=O) groups is 1.